The van der Waals surface area contributed by atoms with E-state index in [-0.39, 0.29) is 17.7 Å². The number of rotatable bonds is 3. The standard InChI is InChI=1S/C18H13BrN2O3/c1-21-17(23)13-8-7-12(10-14(13)18(21)24)20-16(22)9-6-11-4-2-3-5-15(11)19/h2-10H,1H3,(H,20,22)/b9-6+. The molecule has 0 aliphatic carbocycles. The molecule has 0 saturated carbocycles. The van der Waals surface area contributed by atoms with E-state index in [9.17, 15) is 14.4 Å². The Morgan fingerprint density at radius 1 is 1.08 bits per heavy atom. The fourth-order valence-electron chi connectivity index (χ4n) is 2.40. The molecule has 2 aromatic rings. The van der Waals surface area contributed by atoms with Crippen LogP contribution in [0.4, 0.5) is 5.69 Å². The van der Waals surface area contributed by atoms with Gasteiger partial charge < -0.3 is 5.32 Å². The molecule has 6 heteroatoms. The summed E-state index contributed by atoms with van der Waals surface area (Å²) in [6.45, 7) is 0. The van der Waals surface area contributed by atoms with Crippen LogP contribution in [0.1, 0.15) is 26.3 Å². The van der Waals surface area contributed by atoms with Crippen molar-refractivity contribution >= 4 is 45.4 Å². The van der Waals surface area contributed by atoms with Crippen molar-refractivity contribution in [2.45, 2.75) is 0 Å². The number of fused-ring (bicyclic) bond motifs is 1. The minimum Gasteiger partial charge on any atom is -0.322 e. The molecule has 0 radical (unpaired) electrons. The van der Waals surface area contributed by atoms with Crippen LogP contribution in [-0.4, -0.2) is 29.7 Å². The molecule has 5 nitrogen and oxygen atoms in total. The van der Waals surface area contributed by atoms with Gasteiger partial charge in [-0.05, 0) is 35.9 Å². The maximum atomic E-state index is 12.0. The molecular formula is C18H13BrN2O3. The van der Waals surface area contributed by atoms with Gasteiger partial charge in [0.15, 0.2) is 0 Å². The lowest BCUT2D eigenvalue weighted by molar-refractivity contribution is -0.111. The molecule has 1 heterocycles. The summed E-state index contributed by atoms with van der Waals surface area (Å²) in [6, 6.07) is 12.2. The quantitative estimate of drug-likeness (QED) is 0.651. The first-order valence-electron chi connectivity index (χ1n) is 7.17. The highest BCUT2D eigenvalue weighted by molar-refractivity contribution is 9.10. The average Bonchev–Trinajstić information content (AvgIpc) is 2.78. The Bertz CT molecular complexity index is 890. The van der Waals surface area contributed by atoms with Gasteiger partial charge in [0.1, 0.15) is 0 Å². The zero-order valence-corrected chi connectivity index (χ0v) is 14.3. The van der Waals surface area contributed by atoms with Gasteiger partial charge in [-0.1, -0.05) is 34.1 Å². The van der Waals surface area contributed by atoms with Crippen LogP contribution >= 0.6 is 15.9 Å². The van der Waals surface area contributed by atoms with E-state index in [1.54, 1.807) is 18.2 Å². The number of hydrogen-bond donors (Lipinski definition) is 1. The van der Waals surface area contributed by atoms with Gasteiger partial charge in [-0.2, -0.15) is 0 Å². The molecule has 1 N–H and O–H groups in total. The molecular weight excluding hydrogens is 372 g/mol. The number of nitrogens with zero attached hydrogens (tertiary/aromatic N) is 1. The number of nitrogens with one attached hydrogen (secondary N) is 1. The van der Waals surface area contributed by atoms with Crippen LogP contribution in [-0.2, 0) is 4.79 Å². The molecule has 0 fully saturated rings. The minimum atomic E-state index is -0.366. The lowest BCUT2D eigenvalue weighted by Crippen LogP contribution is -2.24. The number of anilines is 1. The predicted octanol–water partition coefficient (Wildman–Crippen LogP) is 3.33. The van der Waals surface area contributed by atoms with Crippen molar-refractivity contribution in [3.05, 3.63) is 69.7 Å². The molecule has 3 rings (SSSR count). The molecule has 0 saturated heterocycles. The van der Waals surface area contributed by atoms with Gasteiger partial charge in [0.2, 0.25) is 5.91 Å². The lowest BCUT2D eigenvalue weighted by Gasteiger charge is -2.04. The maximum absolute atomic E-state index is 12.0. The van der Waals surface area contributed by atoms with Crippen LogP contribution in [0.3, 0.4) is 0 Å². The third-order valence-electron chi connectivity index (χ3n) is 3.68. The Kier molecular flexibility index (Phi) is 4.31. The summed E-state index contributed by atoms with van der Waals surface area (Å²) in [7, 11) is 1.43. The first-order chi connectivity index (χ1) is 11.5. The Hall–Kier alpha value is -2.73. The maximum Gasteiger partial charge on any atom is 0.261 e. The monoisotopic (exact) mass is 384 g/mol. The Morgan fingerprint density at radius 2 is 1.79 bits per heavy atom. The number of hydrogen-bond acceptors (Lipinski definition) is 3. The second-order valence-electron chi connectivity index (χ2n) is 5.27. The van der Waals surface area contributed by atoms with Crippen molar-refractivity contribution in [1.29, 1.82) is 0 Å². The van der Waals surface area contributed by atoms with Crippen LogP contribution in [0.15, 0.2) is 53.0 Å². The van der Waals surface area contributed by atoms with E-state index in [4.69, 9.17) is 0 Å². The smallest absolute Gasteiger partial charge is 0.261 e. The molecule has 1 aliphatic rings. The molecule has 2 aromatic carbocycles. The second kappa shape index (κ2) is 6.41. The molecule has 1 aliphatic heterocycles. The lowest BCUT2D eigenvalue weighted by atomic mass is 10.1. The number of amides is 3. The average molecular weight is 385 g/mol. The van der Waals surface area contributed by atoms with Crippen molar-refractivity contribution in [3.8, 4) is 0 Å². The Morgan fingerprint density at radius 3 is 2.54 bits per heavy atom. The molecule has 0 unspecified atom stereocenters. The van der Waals surface area contributed by atoms with Crippen LogP contribution < -0.4 is 5.32 Å². The SMILES string of the molecule is CN1C(=O)c2ccc(NC(=O)/C=C/c3ccccc3Br)cc2C1=O. The first-order valence-corrected chi connectivity index (χ1v) is 7.96. The van der Waals surface area contributed by atoms with Gasteiger partial charge >= 0.3 is 0 Å². The summed E-state index contributed by atoms with van der Waals surface area (Å²) in [5.41, 5.74) is 2.00. The summed E-state index contributed by atoms with van der Waals surface area (Å²) < 4.78 is 0.888. The van der Waals surface area contributed by atoms with E-state index in [0.717, 1.165) is 14.9 Å². The van der Waals surface area contributed by atoms with Crippen molar-refractivity contribution in [2.75, 3.05) is 12.4 Å². The van der Waals surface area contributed by atoms with Gasteiger partial charge in [0.25, 0.3) is 11.8 Å². The fraction of sp³-hybridized carbons (Fsp3) is 0.0556. The van der Waals surface area contributed by atoms with E-state index in [0.29, 0.717) is 16.8 Å². The topological polar surface area (TPSA) is 66.5 Å². The second-order valence-corrected chi connectivity index (χ2v) is 6.13. The summed E-state index contributed by atoms with van der Waals surface area (Å²) in [5, 5.41) is 2.69. The highest BCUT2D eigenvalue weighted by Gasteiger charge is 2.32. The molecule has 0 spiro atoms. The van der Waals surface area contributed by atoms with Gasteiger partial charge in [0.05, 0.1) is 11.1 Å². The summed E-state index contributed by atoms with van der Waals surface area (Å²) >= 11 is 3.41. The van der Waals surface area contributed by atoms with Gasteiger partial charge in [-0.3, -0.25) is 19.3 Å². The summed E-state index contributed by atoms with van der Waals surface area (Å²) in [5.74, 6) is -1.02. The van der Waals surface area contributed by atoms with E-state index in [2.05, 4.69) is 21.2 Å². The molecule has 0 atom stereocenters. The predicted molar refractivity (Wildman–Crippen MR) is 94.7 cm³/mol. The first kappa shape index (κ1) is 16.1. The van der Waals surface area contributed by atoms with Gasteiger partial charge in [-0.25, -0.2) is 0 Å². The van der Waals surface area contributed by atoms with E-state index < -0.39 is 0 Å². The molecule has 120 valence electrons. The molecule has 3 amide bonds. The number of benzene rings is 2. The number of carbonyl (C=O) groups excluding carboxylic acids is 3. The Balaban J connectivity index is 1.76. The van der Waals surface area contributed by atoms with Gasteiger partial charge in [0, 0.05) is 23.3 Å². The van der Waals surface area contributed by atoms with Crippen LogP contribution in [0.2, 0.25) is 0 Å². The molecule has 24 heavy (non-hydrogen) atoms. The highest BCUT2D eigenvalue weighted by atomic mass is 79.9. The summed E-state index contributed by atoms with van der Waals surface area (Å²) in [6.07, 6.45) is 3.10. The van der Waals surface area contributed by atoms with Crippen molar-refractivity contribution < 1.29 is 14.4 Å². The van der Waals surface area contributed by atoms with Crippen molar-refractivity contribution in [3.63, 3.8) is 0 Å². The number of imide groups is 1. The zero-order valence-electron chi connectivity index (χ0n) is 12.7. The third kappa shape index (κ3) is 3.00. The number of halogens is 1. The summed E-state index contributed by atoms with van der Waals surface area (Å²) in [4.78, 5) is 36.9. The third-order valence-corrected chi connectivity index (χ3v) is 4.40. The van der Waals surface area contributed by atoms with Crippen LogP contribution in [0.5, 0.6) is 0 Å². The minimum absolute atomic E-state index is 0.301. The van der Waals surface area contributed by atoms with Crippen LogP contribution in [0.25, 0.3) is 6.08 Å². The zero-order chi connectivity index (χ0) is 17.3. The molecule has 0 bridgehead atoms. The largest absolute Gasteiger partial charge is 0.322 e. The van der Waals surface area contributed by atoms with E-state index >= 15 is 0 Å². The Labute approximate surface area is 147 Å². The van der Waals surface area contributed by atoms with Crippen molar-refractivity contribution in [2.24, 2.45) is 0 Å². The number of carbonyl (C=O) groups is 3. The highest BCUT2D eigenvalue weighted by Crippen LogP contribution is 2.24. The van der Waals surface area contributed by atoms with Gasteiger partial charge in [-0.15, -0.1) is 0 Å². The van der Waals surface area contributed by atoms with E-state index in [1.165, 1.54) is 19.2 Å². The normalized spacial score (nSPS) is 13.5. The van der Waals surface area contributed by atoms with Crippen molar-refractivity contribution in [1.82, 2.24) is 4.90 Å². The fourth-order valence-corrected chi connectivity index (χ4v) is 2.82. The molecule has 0 aromatic heterocycles. The van der Waals surface area contributed by atoms with E-state index in [1.807, 2.05) is 24.3 Å². The van der Waals surface area contributed by atoms with Crippen LogP contribution in [0, 0.1) is 0 Å².